The fourth-order valence-electron chi connectivity index (χ4n) is 3.35. The van der Waals surface area contributed by atoms with Crippen molar-refractivity contribution in [2.24, 2.45) is 0 Å². The van der Waals surface area contributed by atoms with Gasteiger partial charge in [-0.05, 0) is 38.5 Å². The Balaban J connectivity index is 1.39. The van der Waals surface area contributed by atoms with Gasteiger partial charge in [-0.25, -0.2) is 15.3 Å². The molecule has 0 spiro atoms. The van der Waals surface area contributed by atoms with E-state index in [2.05, 4.69) is 63.9 Å². The van der Waals surface area contributed by atoms with Crippen molar-refractivity contribution in [1.82, 2.24) is 20.3 Å². The molecule has 2 atom stereocenters. The summed E-state index contributed by atoms with van der Waals surface area (Å²) in [6.45, 7) is 4.52. The molecule has 2 N–H and O–H groups in total. The number of carbonyl (C=O) groups excluding carboxylic acids is 1. The Bertz CT molecular complexity index is 823. The van der Waals surface area contributed by atoms with Crippen molar-refractivity contribution in [1.29, 1.82) is 0 Å². The van der Waals surface area contributed by atoms with Gasteiger partial charge in [0.2, 0.25) is 0 Å². The van der Waals surface area contributed by atoms with Crippen LogP contribution in [0, 0.1) is 0 Å². The molecule has 1 amide bonds. The van der Waals surface area contributed by atoms with Gasteiger partial charge in [-0.2, -0.15) is 0 Å². The van der Waals surface area contributed by atoms with Gasteiger partial charge in [-0.1, -0.05) is 30.3 Å². The molecule has 8 nitrogen and oxygen atoms in total. The summed E-state index contributed by atoms with van der Waals surface area (Å²) in [5.74, 6) is 0.327. The Morgan fingerprint density at radius 1 is 1.29 bits per heavy atom. The quantitative estimate of drug-likeness (QED) is 0.447. The fraction of sp³-hybridized carbons (Fsp3) is 0.435. The number of nitrogens with zero attached hydrogens (tertiary/aromatic N) is 3. The summed E-state index contributed by atoms with van der Waals surface area (Å²) in [5.41, 5.74) is 4.25. The second kappa shape index (κ2) is 12.1. The molecule has 0 saturated carbocycles. The maximum atomic E-state index is 11.9. The van der Waals surface area contributed by atoms with E-state index >= 15 is 0 Å². The van der Waals surface area contributed by atoms with Crippen molar-refractivity contribution in [3.05, 3.63) is 60.1 Å². The molecule has 1 saturated heterocycles. The van der Waals surface area contributed by atoms with E-state index in [1.54, 1.807) is 18.5 Å². The predicted octanol–water partition coefficient (Wildman–Crippen LogP) is 3.00. The Hall–Kier alpha value is -2.81. The van der Waals surface area contributed by atoms with Gasteiger partial charge in [0.15, 0.2) is 6.29 Å². The molecule has 0 aliphatic carbocycles. The number of carbonyl (C=O) groups is 1. The van der Waals surface area contributed by atoms with Crippen molar-refractivity contribution < 1.29 is 14.4 Å². The van der Waals surface area contributed by atoms with Gasteiger partial charge in [0, 0.05) is 38.2 Å². The van der Waals surface area contributed by atoms with Gasteiger partial charge in [-0.15, -0.1) is 0 Å². The first kappa shape index (κ1) is 22.9. The van der Waals surface area contributed by atoms with Crippen LogP contribution in [-0.4, -0.2) is 53.3 Å². The largest absolute Gasteiger partial charge is 0.365 e. The van der Waals surface area contributed by atoms with Crippen LogP contribution in [-0.2, 0) is 20.9 Å². The zero-order valence-electron chi connectivity index (χ0n) is 18.2. The normalized spacial score (nSPS) is 17.6. The first-order valence-corrected chi connectivity index (χ1v) is 10.6. The zero-order valence-corrected chi connectivity index (χ0v) is 18.2. The third-order valence-electron chi connectivity index (χ3n) is 4.78. The highest BCUT2D eigenvalue weighted by atomic mass is 16.8. The van der Waals surface area contributed by atoms with E-state index in [-0.39, 0.29) is 18.2 Å². The van der Waals surface area contributed by atoms with Crippen LogP contribution in [0.1, 0.15) is 37.4 Å². The number of likely N-dealkylation sites (N-methyl/N-ethyl adjacent to an activating group) is 1. The Morgan fingerprint density at radius 2 is 2.13 bits per heavy atom. The van der Waals surface area contributed by atoms with E-state index in [9.17, 15) is 4.79 Å². The average molecular weight is 426 g/mol. The van der Waals surface area contributed by atoms with Gasteiger partial charge in [0.25, 0.3) is 5.91 Å². The van der Waals surface area contributed by atoms with Crippen LogP contribution in [0.5, 0.6) is 0 Å². The van der Waals surface area contributed by atoms with Gasteiger partial charge in [0.1, 0.15) is 5.82 Å². The summed E-state index contributed by atoms with van der Waals surface area (Å²) in [7, 11) is 2.10. The van der Waals surface area contributed by atoms with Crippen molar-refractivity contribution in [2.75, 3.05) is 25.5 Å². The van der Waals surface area contributed by atoms with Crippen LogP contribution in [0.4, 0.5) is 5.82 Å². The Kier molecular flexibility index (Phi) is 8.96. The molecule has 0 radical (unpaired) electrons. The lowest BCUT2D eigenvalue weighted by atomic mass is 10.2. The predicted molar refractivity (Wildman–Crippen MR) is 120 cm³/mol. The summed E-state index contributed by atoms with van der Waals surface area (Å²) >= 11 is 0. The summed E-state index contributed by atoms with van der Waals surface area (Å²) in [6, 6.07) is 10.6. The molecule has 3 rings (SSSR count). The summed E-state index contributed by atoms with van der Waals surface area (Å²) in [4.78, 5) is 28.1. The minimum atomic E-state index is -0.370. The SMILES string of the molecule is C[C@H](CN(C)Cc1ccccc1)Nc1cnc(/C=C/C(=O)NOC2CCCCO2)cn1. The van der Waals surface area contributed by atoms with E-state index in [1.165, 1.54) is 11.6 Å². The molecule has 166 valence electrons. The maximum Gasteiger partial charge on any atom is 0.267 e. The molecule has 1 fully saturated rings. The van der Waals surface area contributed by atoms with E-state index in [0.717, 1.165) is 32.4 Å². The number of hydrogen-bond acceptors (Lipinski definition) is 7. The van der Waals surface area contributed by atoms with Crippen LogP contribution in [0.2, 0.25) is 0 Å². The lowest BCUT2D eigenvalue weighted by Crippen LogP contribution is -2.32. The molecule has 31 heavy (non-hydrogen) atoms. The maximum absolute atomic E-state index is 11.9. The van der Waals surface area contributed by atoms with Crippen LogP contribution >= 0.6 is 0 Å². The first-order valence-electron chi connectivity index (χ1n) is 10.6. The minimum absolute atomic E-state index is 0.203. The molecule has 1 aliphatic heterocycles. The molecule has 1 unspecified atom stereocenters. The first-order chi connectivity index (χ1) is 15.1. The lowest BCUT2D eigenvalue weighted by Gasteiger charge is -2.22. The van der Waals surface area contributed by atoms with E-state index in [4.69, 9.17) is 9.57 Å². The molecule has 1 aromatic heterocycles. The monoisotopic (exact) mass is 425 g/mol. The Labute approximate surface area is 183 Å². The van der Waals surface area contributed by atoms with E-state index in [1.807, 2.05) is 6.07 Å². The molecule has 1 aromatic carbocycles. The van der Waals surface area contributed by atoms with Gasteiger partial charge in [0.05, 0.1) is 18.1 Å². The van der Waals surface area contributed by atoms with Crippen molar-refractivity contribution in [3.8, 4) is 0 Å². The number of hydrogen-bond donors (Lipinski definition) is 2. The number of benzene rings is 1. The van der Waals surface area contributed by atoms with Crippen molar-refractivity contribution in [2.45, 2.75) is 45.1 Å². The number of ether oxygens (including phenoxy) is 1. The van der Waals surface area contributed by atoms with Crippen LogP contribution in [0.3, 0.4) is 0 Å². The fourth-order valence-corrected chi connectivity index (χ4v) is 3.35. The second-order valence-corrected chi connectivity index (χ2v) is 7.77. The summed E-state index contributed by atoms with van der Waals surface area (Å²) in [5, 5.41) is 3.35. The number of amides is 1. The third kappa shape index (κ3) is 8.45. The molecular weight excluding hydrogens is 394 g/mol. The number of nitrogens with one attached hydrogen (secondary N) is 2. The van der Waals surface area contributed by atoms with E-state index in [0.29, 0.717) is 18.1 Å². The van der Waals surface area contributed by atoms with E-state index < -0.39 is 0 Å². The van der Waals surface area contributed by atoms with Gasteiger partial charge < -0.3 is 15.0 Å². The number of rotatable bonds is 10. The average Bonchev–Trinajstić information content (AvgIpc) is 2.78. The number of anilines is 1. The molecule has 0 bridgehead atoms. The highest BCUT2D eigenvalue weighted by Crippen LogP contribution is 2.12. The highest BCUT2D eigenvalue weighted by molar-refractivity contribution is 5.90. The number of hydroxylamine groups is 1. The smallest absolute Gasteiger partial charge is 0.267 e. The standard InChI is InChI=1S/C23H31N5O3/c1-18(16-28(2)17-19-8-4-3-5-9-19)26-21-15-24-20(14-25-21)11-12-22(29)27-31-23-10-6-7-13-30-23/h3-5,8-9,11-12,14-15,18,23H,6-7,10,13,16-17H2,1-2H3,(H,25,26)(H,27,29)/b12-11+/t18-,23?/m1/s1. The van der Waals surface area contributed by atoms with Crippen LogP contribution < -0.4 is 10.8 Å². The molecule has 2 aromatic rings. The van der Waals surface area contributed by atoms with Crippen LogP contribution in [0.15, 0.2) is 48.8 Å². The topological polar surface area (TPSA) is 88.6 Å². The molecular formula is C23H31N5O3. The third-order valence-corrected chi connectivity index (χ3v) is 4.78. The molecule has 8 heteroatoms. The lowest BCUT2D eigenvalue weighted by molar-refractivity contribution is -0.198. The Morgan fingerprint density at radius 3 is 2.84 bits per heavy atom. The zero-order chi connectivity index (χ0) is 21.9. The minimum Gasteiger partial charge on any atom is -0.365 e. The summed E-state index contributed by atoms with van der Waals surface area (Å²) < 4.78 is 5.40. The highest BCUT2D eigenvalue weighted by Gasteiger charge is 2.15. The van der Waals surface area contributed by atoms with Crippen molar-refractivity contribution >= 4 is 17.8 Å². The second-order valence-electron chi connectivity index (χ2n) is 7.77. The molecule has 2 heterocycles. The van der Waals surface area contributed by atoms with Crippen LogP contribution in [0.25, 0.3) is 6.08 Å². The summed E-state index contributed by atoms with van der Waals surface area (Å²) in [6.07, 6.45) is 8.72. The number of aromatic nitrogens is 2. The van der Waals surface area contributed by atoms with Gasteiger partial charge >= 0.3 is 0 Å². The molecule has 1 aliphatic rings. The van der Waals surface area contributed by atoms with Crippen molar-refractivity contribution in [3.63, 3.8) is 0 Å². The van der Waals surface area contributed by atoms with Gasteiger partial charge in [-0.3, -0.25) is 9.78 Å².